The highest BCUT2D eigenvalue weighted by molar-refractivity contribution is 6.07. The maximum Gasteiger partial charge on any atom is 0.230 e. The molecule has 0 aliphatic carbocycles. The SMILES string of the molecule is Cc1ccncc1C(=O)c1ncc[nH]1. The number of H-pyrrole nitrogens is 1. The number of hydrogen-bond donors (Lipinski definition) is 1. The number of ketones is 1. The van der Waals surface area contributed by atoms with Gasteiger partial charge in [0.1, 0.15) is 0 Å². The predicted molar refractivity (Wildman–Crippen MR) is 51.0 cm³/mol. The molecule has 0 saturated heterocycles. The molecule has 0 fully saturated rings. The van der Waals surface area contributed by atoms with Gasteiger partial charge in [0.05, 0.1) is 0 Å². The zero-order valence-corrected chi connectivity index (χ0v) is 7.69. The summed E-state index contributed by atoms with van der Waals surface area (Å²) in [6.45, 7) is 1.87. The summed E-state index contributed by atoms with van der Waals surface area (Å²) in [6, 6.07) is 1.80. The molecule has 0 bridgehead atoms. The maximum absolute atomic E-state index is 11.8. The molecule has 70 valence electrons. The number of carbonyl (C=O) groups excluding carboxylic acids is 1. The highest BCUT2D eigenvalue weighted by atomic mass is 16.1. The van der Waals surface area contributed by atoms with Crippen LogP contribution in [0.1, 0.15) is 21.7 Å². The molecule has 4 nitrogen and oxygen atoms in total. The van der Waals surface area contributed by atoms with Crippen LogP contribution in [0.15, 0.2) is 30.9 Å². The van der Waals surface area contributed by atoms with E-state index >= 15 is 0 Å². The van der Waals surface area contributed by atoms with Crippen molar-refractivity contribution in [3.05, 3.63) is 47.8 Å². The average molecular weight is 187 g/mol. The lowest BCUT2D eigenvalue weighted by atomic mass is 10.1. The van der Waals surface area contributed by atoms with Crippen molar-refractivity contribution in [3.63, 3.8) is 0 Å². The van der Waals surface area contributed by atoms with E-state index in [9.17, 15) is 4.79 Å². The number of aromatic nitrogens is 3. The van der Waals surface area contributed by atoms with E-state index in [4.69, 9.17) is 0 Å². The molecule has 0 aliphatic heterocycles. The van der Waals surface area contributed by atoms with Crippen LogP contribution in [-0.4, -0.2) is 20.7 Å². The summed E-state index contributed by atoms with van der Waals surface area (Å²) in [6.07, 6.45) is 6.40. The van der Waals surface area contributed by atoms with Gasteiger partial charge in [-0.2, -0.15) is 0 Å². The topological polar surface area (TPSA) is 58.6 Å². The molecule has 0 unspecified atom stereocenters. The number of aromatic amines is 1. The summed E-state index contributed by atoms with van der Waals surface area (Å²) in [5.74, 6) is 0.224. The Bertz CT molecular complexity index is 448. The lowest BCUT2D eigenvalue weighted by Crippen LogP contribution is -2.06. The van der Waals surface area contributed by atoms with Gasteiger partial charge in [-0.3, -0.25) is 9.78 Å². The average Bonchev–Trinajstić information content (AvgIpc) is 2.70. The first kappa shape index (κ1) is 8.62. The molecule has 2 heterocycles. The quantitative estimate of drug-likeness (QED) is 0.722. The van der Waals surface area contributed by atoms with Gasteiger partial charge in [-0.15, -0.1) is 0 Å². The molecule has 2 aromatic rings. The fraction of sp³-hybridized carbons (Fsp3) is 0.100. The van der Waals surface area contributed by atoms with E-state index in [-0.39, 0.29) is 5.78 Å². The molecule has 2 aromatic heterocycles. The molecule has 4 heteroatoms. The summed E-state index contributed by atoms with van der Waals surface area (Å²) >= 11 is 0. The van der Waals surface area contributed by atoms with Crippen LogP contribution >= 0.6 is 0 Å². The molecular formula is C10H9N3O. The third-order valence-corrected chi connectivity index (χ3v) is 2.00. The Morgan fingerprint density at radius 2 is 2.29 bits per heavy atom. The van der Waals surface area contributed by atoms with Crippen molar-refractivity contribution in [1.29, 1.82) is 0 Å². The second-order valence-corrected chi connectivity index (χ2v) is 2.96. The van der Waals surface area contributed by atoms with Gasteiger partial charge in [0.15, 0.2) is 5.82 Å². The number of nitrogens with zero attached hydrogens (tertiary/aromatic N) is 2. The molecule has 0 aliphatic rings. The zero-order chi connectivity index (χ0) is 9.97. The van der Waals surface area contributed by atoms with Crippen LogP contribution < -0.4 is 0 Å². The normalized spacial score (nSPS) is 10.1. The maximum atomic E-state index is 11.8. The van der Waals surface area contributed by atoms with Gasteiger partial charge >= 0.3 is 0 Å². The minimum absolute atomic E-state index is 0.124. The Kier molecular flexibility index (Phi) is 2.10. The highest BCUT2D eigenvalue weighted by Gasteiger charge is 2.13. The summed E-state index contributed by atoms with van der Waals surface area (Å²) < 4.78 is 0. The van der Waals surface area contributed by atoms with Crippen LogP contribution in [0.3, 0.4) is 0 Å². The van der Waals surface area contributed by atoms with E-state index in [0.717, 1.165) is 5.56 Å². The number of nitrogens with one attached hydrogen (secondary N) is 1. The van der Waals surface area contributed by atoms with Crippen LogP contribution in [0.25, 0.3) is 0 Å². The lowest BCUT2D eigenvalue weighted by Gasteiger charge is -2.00. The Morgan fingerprint density at radius 1 is 1.43 bits per heavy atom. The van der Waals surface area contributed by atoms with Crippen molar-refractivity contribution >= 4 is 5.78 Å². The molecule has 0 saturated carbocycles. The second kappa shape index (κ2) is 3.41. The Morgan fingerprint density at radius 3 is 2.93 bits per heavy atom. The van der Waals surface area contributed by atoms with Crippen molar-refractivity contribution in [2.24, 2.45) is 0 Å². The van der Waals surface area contributed by atoms with Crippen LogP contribution in [0.4, 0.5) is 0 Å². The van der Waals surface area contributed by atoms with Crippen molar-refractivity contribution in [2.45, 2.75) is 6.92 Å². The monoisotopic (exact) mass is 187 g/mol. The van der Waals surface area contributed by atoms with E-state index in [1.54, 1.807) is 30.9 Å². The first-order valence-corrected chi connectivity index (χ1v) is 4.24. The Balaban J connectivity index is 2.42. The van der Waals surface area contributed by atoms with E-state index in [0.29, 0.717) is 11.4 Å². The summed E-state index contributed by atoms with van der Waals surface area (Å²) in [7, 11) is 0. The molecule has 1 N–H and O–H groups in total. The van der Waals surface area contributed by atoms with Crippen LogP contribution in [0.5, 0.6) is 0 Å². The van der Waals surface area contributed by atoms with Crippen LogP contribution in [-0.2, 0) is 0 Å². The predicted octanol–water partition coefficient (Wildman–Crippen LogP) is 1.34. The second-order valence-electron chi connectivity index (χ2n) is 2.96. The minimum Gasteiger partial charge on any atom is -0.342 e. The number of pyridine rings is 1. The first-order valence-electron chi connectivity index (χ1n) is 4.24. The van der Waals surface area contributed by atoms with Gasteiger partial charge in [-0.05, 0) is 18.6 Å². The summed E-state index contributed by atoms with van der Waals surface area (Å²) in [4.78, 5) is 22.4. The summed E-state index contributed by atoms with van der Waals surface area (Å²) in [5, 5.41) is 0. The Labute approximate surface area is 81.0 Å². The third kappa shape index (κ3) is 1.42. The molecule has 0 aromatic carbocycles. The van der Waals surface area contributed by atoms with Gasteiger partial charge in [-0.25, -0.2) is 4.98 Å². The highest BCUT2D eigenvalue weighted by Crippen LogP contribution is 2.09. The fourth-order valence-corrected chi connectivity index (χ4v) is 1.22. The number of aryl methyl sites for hydroxylation is 1. The van der Waals surface area contributed by atoms with Crippen LogP contribution in [0, 0.1) is 6.92 Å². The standard InChI is InChI=1S/C10H9N3O/c1-7-2-3-11-6-8(7)9(14)10-12-4-5-13-10/h2-6H,1H3,(H,12,13). The van der Waals surface area contributed by atoms with E-state index in [2.05, 4.69) is 15.0 Å². The molecule has 0 spiro atoms. The van der Waals surface area contributed by atoms with Crippen LogP contribution in [0.2, 0.25) is 0 Å². The molecule has 14 heavy (non-hydrogen) atoms. The molecule has 2 rings (SSSR count). The Hall–Kier alpha value is -1.97. The van der Waals surface area contributed by atoms with Gasteiger partial charge in [-0.1, -0.05) is 0 Å². The van der Waals surface area contributed by atoms with E-state index in [1.165, 1.54) is 0 Å². The summed E-state index contributed by atoms with van der Waals surface area (Å²) in [5.41, 5.74) is 1.49. The number of carbonyl (C=O) groups is 1. The lowest BCUT2D eigenvalue weighted by molar-refractivity contribution is 0.102. The number of imidazole rings is 1. The zero-order valence-electron chi connectivity index (χ0n) is 7.69. The largest absolute Gasteiger partial charge is 0.342 e. The van der Waals surface area contributed by atoms with E-state index in [1.807, 2.05) is 6.92 Å². The minimum atomic E-state index is -0.124. The third-order valence-electron chi connectivity index (χ3n) is 2.00. The number of rotatable bonds is 2. The molecule has 0 atom stereocenters. The fourth-order valence-electron chi connectivity index (χ4n) is 1.22. The first-order chi connectivity index (χ1) is 6.79. The van der Waals surface area contributed by atoms with Gasteiger partial charge < -0.3 is 4.98 Å². The van der Waals surface area contributed by atoms with Gasteiger partial charge in [0.25, 0.3) is 0 Å². The van der Waals surface area contributed by atoms with Gasteiger partial charge in [0, 0.05) is 30.4 Å². The molecule has 0 radical (unpaired) electrons. The molecular weight excluding hydrogens is 178 g/mol. The van der Waals surface area contributed by atoms with Crippen molar-refractivity contribution in [1.82, 2.24) is 15.0 Å². The molecule has 0 amide bonds. The number of hydrogen-bond acceptors (Lipinski definition) is 3. The van der Waals surface area contributed by atoms with E-state index < -0.39 is 0 Å². The van der Waals surface area contributed by atoms with Crippen molar-refractivity contribution in [2.75, 3.05) is 0 Å². The van der Waals surface area contributed by atoms with Crippen molar-refractivity contribution in [3.8, 4) is 0 Å². The van der Waals surface area contributed by atoms with Gasteiger partial charge in [0.2, 0.25) is 5.78 Å². The van der Waals surface area contributed by atoms with Crippen molar-refractivity contribution < 1.29 is 4.79 Å². The smallest absolute Gasteiger partial charge is 0.230 e.